The van der Waals surface area contributed by atoms with Gasteiger partial charge in [-0.3, -0.25) is 0 Å². The second-order valence-electron chi connectivity index (χ2n) is 4.41. The smallest absolute Gasteiger partial charge is 0.142 e. The van der Waals surface area contributed by atoms with Crippen molar-refractivity contribution in [3.63, 3.8) is 0 Å². The molecule has 0 saturated heterocycles. The maximum absolute atomic E-state index is 5.61. The Morgan fingerprint density at radius 2 is 1.85 bits per heavy atom. The summed E-state index contributed by atoms with van der Waals surface area (Å²) in [6, 6.07) is 8.01. The fourth-order valence-corrected chi connectivity index (χ4v) is 1.94. The van der Waals surface area contributed by atoms with Gasteiger partial charge in [0.2, 0.25) is 0 Å². The van der Waals surface area contributed by atoms with E-state index in [1.807, 2.05) is 18.2 Å². The van der Waals surface area contributed by atoms with Crippen molar-refractivity contribution in [1.29, 1.82) is 0 Å². The van der Waals surface area contributed by atoms with Crippen molar-refractivity contribution in [1.82, 2.24) is 0 Å². The molecule has 0 heterocycles. The fraction of sp³-hybridized carbons (Fsp3) is 0.600. The van der Waals surface area contributed by atoms with E-state index in [4.69, 9.17) is 19.9 Å². The molecule has 20 heavy (non-hydrogen) atoms. The van der Waals surface area contributed by atoms with Crippen LogP contribution in [0.4, 0.5) is 5.69 Å². The lowest BCUT2D eigenvalue weighted by molar-refractivity contribution is 0.0740. The maximum Gasteiger partial charge on any atom is 0.142 e. The summed E-state index contributed by atoms with van der Waals surface area (Å²) in [4.78, 5) is 2.25. The number of rotatable bonds is 11. The number of methoxy groups -OCH3 is 2. The molecule has 0 amide bonds. The van der Waals surface area contributed by atoms with E-state index in [0.717, 1.165) is 30.9 Å². The van der Waals surface area contributed by atoms with Crippen molar-refractivity contribution < 1.29 is 14.2 Å². The Hall–Kier alpha value is -1.30. The molecule has 0 spiro atoms. The Morgan fingerprint density at radius 3 is 2.55 bits per heavy atom. The zero-order chi connectivity index (χ0) is 14.6. The molecule has 0 atom stereocenters. The highest BCUT2D eigenvalue weighted by Crippen LogP contribution is 2.27. The topological polar surface area (TPSA) is 57.0 Å². The van der Waals surface area contributed by atoms with Gasteiger partial charge in [-0.05, 0) is 25.1 Å². The van der Waals surface area contributed by atoms with Gasteiger partial charge in [0, 0.05) is 20.2 Å². The fourth-order valence-electron chi connectivity index (χ4n) is 1.94. The molecular weight excluding hydrogens is 256 g/mol. The van der Waals surface area contributed by atoms with E-state index in [1.54, 1.807) is 14.2 Å². The first-order valence-corrected chi connectivity index (χ1v) is 6.98. The molecule has 1 aromatic rings. The molecule has 0 fully saturated rings. The van der Waals surface area contributed by atoms with Crippen molar-refractivity contribution in [3.05, 3.63) is 24.3 Å². The number of nitrogens with two attached hydrogens (primary N) is 1. The number of benzene rings is 1. The molecule has 0 unspecified atom stereocenters. The highest BCUT2D eigenvalue weighted by molar-refractivity contribution is 5.58. The SMILES string of the molecule is COCCOCCN(CCCN)c1ccccc1OC. The van der Waals surface area contributed by atoms with Crippen LogP contribution >= 0.6 is 0 Å². The number of hydrogen-bond donors (Lipinski definition) is 1. The third kappa shape index (κ3) is 5.77. The minimum Gasteiger partial charge on any atom is -0.495 e. The van der Waals surface area contributed by atoms with E-state index in [0.29, 0.717) is 26.4 Å². The molecule has 5 nitrogen and oxygen atoms in total. The van der Waals surface area contributed by atoms with Gasteiger partial charge in [-0.25, -0.2) is 0 Å². The van der Waals surface area contributed by atoms with Gasteiger partial charge in [-0.1, -0.05) is 12.1 Å². The molecule has 1 rings (SSSR count). The zero-order valence-electron chi connectivity index (χ0n) is 12.5. The predicted molar refractivity (Wildman–Crippen MR) is 81.6 cm³/mol. The molecule has 1 aromatic carbocycles. The zero-order valence-corrected chi connectivity index (χ0v) is 12.5. The summed E-state index contributed by atoms with van der Waals surface area (Å²) in [6.07, 6.45) is 0.941. The molecule has 0 saturated carbocycles. The summed E-state index contributed by atoms with van der Waals surface area (Å²) in [6.45, 7) is 4.28. The van der Waals surface area contributed by atoms with Gasteiger partial charge in [0.05, 0.1) is 32.6 Å². The standard InChI is InChI=1S/C15H26N2O3/c1-18-12-13-20-11-10-17(9-5-8-16)14-6-3-4-7-15(14)19-2/h3-4,6-7H,5,8-13,16H2,1-2H3. The number of para-hydroxylation sites is 2. The maximum atomic E-state index is 5.61. The van der Waals surface area contributed by atoms with Crippen LogP contribution in [0.5, 0.6) is 5.75 Å². The molecule has 2 N–H and O–H groups in total. The lowest BCUT2D eigenvalue weighted by Crippen LogP contribution is -2.30. The first kappa shape index (κ1) is 16.8. The van der Waals surface area contributed by atoms with Gasteiger partial charge in [0.1, 0.15) is 5.75 Å². The van der Waals surface area contributed by atoms with Crippen molar-refractivity contribution in [3.8, 4) is 5.75 Å². The van der Waals surface area contributed by atoms with Crippen LogP contribution in [0.3, 0.4) is 0 Å². The Labute approximate surface area is 121 Å². The summed E-state index contributed by atoms with van der Waals surface area (Å²) >= 11 is 0. The van der Waals surface area contributed by atoms with Crippen LogP contribution < -0.4 is 15.4 Å². The molecule has 0 bridgehead atoms. The highest BCUT2D eigenvalue weighted by Gasteiger charge is 2.10. The van der Waals surface area contributed by atoms with Crippen LogP contribution in [0, 0.1) is 0 Å². The van der Waals surface area contributed by atoms with Crippen LogP contribution in [0.15, 0.2) is 24.3 Å². The minimum absolute atomic E-state index is 0.618. The van der Waals surface area contributed by atoms with Gasteiger partial charge in [-0.15, -0.1) is 0 Å². The molecule has 0 aliphatic carbocycles. The molecule has 114 valence electrons. The van der Waals surface area contributed by atoms with Gasteiger partial charge < -0.3 is 24.8 Å². The van der Waals surface area contributed by atoms with Crippen molar-refractivity contribution in [2.24, 2.45) is 5.73 Å². The monoisotopic (exact) mass is 282 g/mol. The number of nitrogens with zero attached hydrogens (tertiary/aromatic N) is 1. The van der Waals surface area contributed by atoms with Crippen LogP contribution in [-0.2, 0) is 9.47 Å². The number of ether oxygens (including phenoxy) is 3. The van der Waals surface area contributed by atoms with Crippen LogP contribution in [0.1, 0.15) is 6.42 Å². The molecular formula is C15H26N2O3. The highest BCUT2D eigenvalue weighted by atomic mass is 16.5. The first-order valence-electron chi connectivity index (χ1n) is 6.98. The van der Waals surface area contributed by atoms with E-state index in [9.17, 15) is 0 Å². The summed E-state index contributed by atoms with van der Waals surface area (Å²) in [7, 11) is 3.36. The normalized spacial score (nSPS) is 10.6. The minimum atomic E-state index is 0.618. The van der Waals surface area contributed by atoms with Crippen molar-refractivity contribution in [2.45, 2.75) is 6.42 Å². The van der Waals surface area contributed by atoms with Gasteiger partial charge in [0.15, 0.2) is 0 Å². The van der Waals surface area contributed by atoms with Gasteiger partial charge in [0.25, 0.3) is 0 Å². The largest absolute Gasteiger partial charge is 0.495 e. The molecule has 0 aliphatic rings. The number of hydrogen-bond acceptors (Lipinski definition) is 5. The Balaban J connectivity index is 2.58. The molecule has 0 aromatic heterocycles. The quantitative estimate of drug-likeness (QED) is 0.624. The summed E-state index contributed by atoms with van der Waals surface area (Å²) in [5.74, 6) is 0.876. The average molecular weight is 282 g/mol. The Morgan fingerprint density at radius 1 is 1.05 bits per heavy atom. The van der Waals surface area contributed by atoms with Crippen molar-refractivity contribution >= 4 is 5.69 Å². The number of anilines is 1. The van der Waals surface area contributed by atoms with Gasteiger partial charge in [-0.2, -0.15) is 0 Å². The van der Waals surface area contributed by atoms with Crippen LogP contribution in [0.25, 0.3) is 0 Å². The van der Waals surface area contributed by atoms with E-state index in [1.165, 1.54) is 0 Å². The molecule has 0 aliphatic heterocycles. The third-order valence-corrected chi connectivity index (χ3v) is 3.00. The van der Waals surface area contributed by atoms with E-state index in [2.05, 4.69) is 11.0 Å². The summed E-state index contributed by atoms with van der Waals surface area (Å²) in [5, 5.41) is 0. The predicted octanol–water partition coefficient (Wildman–Crippen LogP) is 1.51. The lowest BCUT2D eigenvalue weighted by Gasteiger charge is -2.26. The molecule has 5 heteroatoms. The van der Waals surface area contributed by atoms with Crippen molar-refractivity contribution in [2.75, 3.05) is 58.6 Å². The Bertz CT molecular complexity index is 361. The summed E-state index contributed by atoms with van der Waals surface area (Å²) in [5.41, 5.74) is 6.70. The first-order chi connectivity index (χ1) is 9.83. The van der Waals surface area contributed by atoms with Crippen LogP contribution in [0.2, 0.25) is 0 Å². The molecule has 0 radical (unpaired) electrons. The van der Waals surface area contributed by atoms with E-state index < -0.39 is 0 Å². The van der Waals surface area contributed by atoms with Gasteiger partial charge >= 0.3 is 0 Å². The van der Waals surface area contributed by atoms with E-state index in [-0.39, 0.29) is 0 Å². The lowest BCUT2D eigenvalue weighted by atomic mass is 10.2. The second kappa shape index (κ2) is 10.5. The second-order valence-corrected chi connectivity index (χ2v) is 4.41. The van der Waals surface area contributed by atoms with E-state index >= 15 is 0 Å². The third-order valence-electron chi connectivity index (χ3n) is 3.00. The Kier molecular flexibility index (Phi) is 8.78. The summed E-state index contributed by atoms with van der Waals surface area (Å²) < 4.78 is 15.9. The average Bonchev–Trinajstić information content (AvgIpc) is 2.50. The van der Waals surface area contributed by atoms with Crippen LogP contribution in [-0.4, -0.2) is 53.7 Å².